The maximum absolute atomic E-state index is 13.0. The van der Waals surface area contributed by atoms with Crippen molar-refractivity contribution in [3.63, 3.8) is 0 Å². The van der Waals surface area contributed by atoms with Crippen LogP contribution in [0.3, 0.4) is 0 Å². The van der Waals surface area contributed by atoms with Gasteiger partial charge in [-0.3, -0.25) is 4.55 Å². The van der Waals surface area contributed by atoms with Crippen LogP contribution in [-0.4, -0.2) is 74.5 Å². The monoisotopic (exact) mass is 509 g/mol. The van der Waals surface area contributed by atoms with Crippen LogP contribution < -0.4 is 5.32 Å². The summed E-state index contributed by atoms with van der Waals surface area (Å²) in [5, 5.41) is -4.93. The molecule has 0 saturated heterocycles. The Bertz CT molecular complexity index is 691. The van der Waals surface area contributed by atoms with Crippen molar-refractivity contribution in [1.82, 2.24) is 5.32 Å². The van der Waals surface area contributed by atoms with Gasteiger partial charge in [0, 0.05) is 0 Å². The molecule has 0 aromatic rings. The Morgan fingerprint density at radius 3 is 1.10 bits per heavy atom. The molecule has 20 heteroatoms. The summed E-state index contributed by atoms with van der Waals surface area (Å²) in [7, 11) is -4.00. The standard InChI is InChI=1S/C8H3F15O3S.C2H7N/c9-1-2(10,11)3(12,13)4(14,15)5(16,17)6(18,19)7(20,21)8(22,23)27(24,25)26;1-3-2/h1H2,(H,24,25,26);3H,1-2H3. The van der Waals surface area contributed by atoms with Gasteiger partial charge in [-0.25, -0.2) is 4.39 Å². The Hall–Kier alpha value is -1.18. The number of hydrogen-bond donors (Lipinski definition) is 2. The van der Waals surface area contributed by atoms with Gasteiger partial charge in [-0.05, 0) is 14.1 Å². The van der Waals surface area contributed by atoms with E-state index in [-0.39, 0.29) is 0 Å². The lowest BCUT2D eigenvalue weighted by atomic mass is 9.91. The molecule has 0 aliphatic rings. The average molecular weight is 509 g/mol. The van der Waals surface area contributed by atoms with Crippen LogP contribution in [0.2, 0.25) is 0 Å². The van der Waals surface area contributed by atoms with Crippen molar-refractivity contribution < 1.29 is 78.8 Å². The highest BCUT2D eigenvalue weighted by atomic mass is 32.2. The Balaban J connectivity index is 0. The smallest absolute Gasteiger partial charge is 0.323 e. The highest BCUT2D eigenvalue weighted by Crippen LogP contribution is 2.62. The van der Waals surface area contributed by atoms with Crippen molar-refractivity contribution in [2.24, 2.45) is 0 Å². The summed E-state index contributed by atoms with van der Waals surface area (Å²) in [6.45, 7) is -3.91. The number of alkyl halides is 15. The second kappa shape index (κ2) is 8.40. The first-order valence-electron chi connectivity index (χ1n) is 6.49. The topological polar surface area (TPSA) is 66.4 Å². The fraction of sp³-hybridized carbons (Fsp3) is 1.00. The second-order valence-corrected chi connectivity index (χ2v) is 6.66. The van der Waals surface area contributed by atoms with Crippen molar-refractivity contribution in [2.75, 3.05) is 20.8 Å². The Kier molecular flexibility index (Phi) is 8.68. The minimum Gasteiger partial charge on any atom is -0.323 e. The fourth-order valence-electron chi connectivity index (χ4n) is 1.25. The third-order valence-electron chi connectivity index (χ3n) is 2.89. The molecule has 0 radical (unpaired) electrons. The summed E-state index contributed by atoms with van der Waals surface area (Å²) >= 11 is 0. The molecule has 0 aromatic carbocycles. The SMILES string of the molecule is CNC.O=S(=O)(O)C(F)(F)C(F)(F)C(F)(F)C(F)(F)C(F)(F)C(F)(F)C(F)(F)CF. The lowest BCUT2D eigenvalue weighted by molar-refractivity contribution is -0.436. The molecule has 0 aliphatic heterocycles. The van der Waals surface area contributed by atoms with Gasteiger partial charge in [-0.15, -0.1) is 0 Å². The molecule has 0 aromatic heterocycles. The maximum Gasteiger partial charge on any atom is 0.438 e. The second-order valence-electron chi connectivity index (χ2n) is 5.20. The van der Waals surface area contributed by atoms with Crippen LogP contribution in [0.1, 0.15) is 0 Å². The fourth-order valence-corrected chi connectivity index (χ4v) is 1.70. The number of halogens is 15. The number of nitrogens with one attached hydrogen (secondary N) is 1. The average Bonchev–Trinajstić information content (AvgIpc) is 2.53. The molecular weight excluding hydrogens is 499 g/mol. The molecule has 4 nitrogen and oxygen atoms in total. The van der Waals surface area contributed by atoms with Crippen LogP contribution in [0.5, 0.6) is 0 Å². The summed E-state index contributed by atoms with van der Waals surface area (Å²) in [4.78, 5) is 0. The molecule has 0 fully saturated rings. The van der Waals surface area contributed by atoms with Gasteiger partial charge in [-0.1, -0.05) is 0 Å². The summed E-state index contributed by atoms with van der Waals surface area (Å²) < 4.78 is 219. The zero-order valence-electron chi connectivity index (χ0n) is 14.0. The third-order valence-corrected chi connectivity index (χ3v) is 3.80. The Morgan fingerprint density at radius 1 is 0.633 bits per heavy atom. The van der Waals surface area contributed by atoms with Gasteiger partial charge in [-0.2, -0.15) is 69.9 Å². The maximum atomic E-state index is 13.0. The van der Waals surface area contributed by atoms with Crippen LogP contribution >= 0.6 is 0 Å². The van der Waals surface area contributed by atoms with Crippen molar-refractivity contribution in [3.05, 3.63) is 0 Å². The van der Waals surface area contributed by atoms with Gasteiger partial charge in [0.15, 0.2) is 6.67 Å². The molecule has 30 heavy (non-hydrogen) atoms. The van der Waals surface area contributed by atoms with E-state index >= 15 is 0 Å². The van der Waals surface area contributed by atoms with Crippen molar-refractivity contribution >= 4 is 10.1 Å². The molecule has 0 bridgehead atoms. The van der Waals surface area contributed by atoms with Gasteiger partial charge in [0.2, 0.25) is 0 Å². The highest BCUT2D eigenvalue weighted by molar-refractivity contribution is 7.87. The van der Waals surface area contributed by atoms with Crippen LogP contribution in [0.4, 0.5) is 65.9 Å². The zero-order chi connectivity index (χ0) is 25.4. The third kappa shape index (κ3) is 4.26. The quantitative estimate of drug-likeness (QED) is 0.383. The first-order valence-corrected chi connectivity index (χ1v) is 7.93. The molecule has 184 valence electrons. The predicted molar refractivity (Wildman–Crippen MR) is 67.1 cm³/mol. The molecule has 0 atom stereocenters. The van der Waals surface area contributed by atoms with E-state index < -0.39 is 57.6 Å². The van der Waals surface area contributed by atoms with E-state index in [0.717, 1.165) is 0 Å². The predicted octanol–water partition coefficient (Wildman–Crippen LogP) is 4.08. The molecule has 0 saturated carbocycles. The van der Waals surface area contributed by atoms with E-state index in [1.165, 1.54) is 0 Å². The lowest BCUT2D eigenvalue weighted by Crippen LogP contribution is -2.73. The summed E-state index contributed by atoms with van der Waals surface area (Å²) in [6, 6.07) is 0. The van der Waals surface area contributed by atoms with Crippen LogP contribution in [0.15, 0.2) is 0 Å². The van der Waals surface area contributed by atoms with E-state index in [2.05, 4.69) is 5.32 Å². The van der Waals surface area contributed by atoms with Gasteiger partial charge >= 0.3 is 50.9 Å². The van der Waals surface area contributed by atoms with E-state index in [1.54, 1.807) is 0 Å². The normalized spacial score (nSPS) is 15.5. The van der Waals surface area contributed by atoms with Gasteiger partial charge in [0.25, 0.3) is 0 Å². The summed E-state index contributed by atoms with van der Waals surface area (Å²) in [5.74, 6) is -48.3. The first-order chi connectivity index (χ1) is 12.7. The van der Waals surface area contributed by atoms with Crippen LogP contribution in [0, 0.1) is 0 Å². The van der Waals surface area contributed by atoms with E-state index in [0.29, 0.717) is 0 Å². The Morgan fingerprint density at radius 2 is 0.867 bits per heavy atom. The highest BCUT2D eigenvalue weighted by Gasteiger charge is 2.94. The Labute approximate surface area is 157 Å². The molecule has 0 amide bonds. The minimum atomic E-state index is -8.53. The van der Waals surface area contributed by atoms with Crippen molar-refractivity contribution in [1.29, 1.82) is 0 Å². The molecule has 0 heterocycles. The van der Waals surface area contributed by atoms with Crippen molar-refractivity contribution in [2.45, 2.75) is 40.8 Å². The van der Waals surface area contributed by atoms with E-state index in [9.17, 15) is 74.3 Å². The molecule has 0 rings (SSSR count). The minimum absolute atomic E-state index is 1.88. The van der Waals surface area contributed by atoms with Gasteiger partial charge < -0.3 is 5.32 Å². The first kappa shape index (κ1) is 31.0. The number of hydrogen-bond acceptors (Lipinski definition) is 3. The van der Waals surface area contributed by atoms with Gasteiger partial charge in [0.1, 0.15) is 0 Å². The van der Waals surface area contributed by atoms with E-state index in [4.69, 9.17) is 4.55 Å². The summed E-state index contributed by atoms with van der Waals surface area (Å²) in [6.07, 6.45) is 0. The van der Waals surface area contributed by atoms with Crippen LogP contribution in [0.25, 0.3) is 0 Å². The lowest BCUT2D eigenvalue weighted by Gasteiger charge is -2.41. The molecule has 0 spiro atoms. The molecule has 0 aliphatic carbocycles. The van der Waals surface area contributed by atoms with Crippen LogP contribution in [-0.2, 0) is 10.1 Å². The number of rotatable bonds is 8. The zero-order valence-corrected chi connectivity index (χ0v) is 14.9. The van der Waals surface area contributed by atoms with Crippen molar-refractivity contribution in [3.8, 4) is 0 Å². The molecule has 0 unspecified atom stereocenters. The molecular formula is C10H10F15NO3S. The molecule has 2 N–H and O–H groups in total. The van der Waals surface area contributed by atoms with Gasteiger partial charge in [0.05, 0.1) is 0 Å². The van der Waals surface area contributed by atoms with E-state index in [1.807, 2.05) is 14.1 Å². The largest absolute Gasteiger partial charge is 0.438 e. The summed E-state index contributed by atoms with van der Waals surface area (Å²) in [5.41, 5.74) is 0.